The second-order valence-corrected chi connectivity index (χ2v) is 8.46. The second-order valence-electron chi connectivity index (χ2n) is 8.46. The van der Waals surface area contributed by atoms with Gasteiger partial charge < -0.3 is 15.5 Å². The molecule has 4 rings (SSSR count). The standard InChI is InChI=1S/C26H28FN5O2/c27-22-8-6-20(7-9-22)16-30-25(33)23-24(29-13-12-28-23)26(34)31-17-21-11-15-32(18-21)14-10-19-4-2-1-3-5-19/h1-9,12-13,21H,10-11,14-18H2,(H,30,33)(H,31,34). The van der Waals surface area contributed by atoms with E-state index >= 15 is 0 Å². The zero-order chi connectivity index (χ0) is 23.8. The number of carbonyl (C=O) groups is 2. The number of aromatic nitrogens is 2. The fourth-order valence-corrected chi connectivity index (χ4v) is 4.07. The fraction of sp³-hybridized carbons (Fsp3) is 0.308. The molecular formula is C26H28FN5O2. The summed E-state index contributed by atoms with van der Waals surface area (Å²) in [5.74, 6) is -0.907. The van der Waals surface area contributed by atoms with Crippen molar-refractivity contribution in [2.75, 3.05) is 26.2 Å². The summed E-state index contributed by atoms with van der Waals surface area (Å²) < 4.78 is 13.1. The highest BCUT2D eigenvalue weighted by molar-refractivity contribution is 6.04. The number of hydrogen-bond donors (Lipinski definition) is 2. The van der Waals surface area contributed by atoms with Crippen LogP contribution in [0.1, 0.15) is 38.5 Å². The molecule has 0 radical (unpaired) electrons. The summed E-state index contributed by atoms with van der Waals surface area (Å²) >= 11 is 0. The molecule has 176 valence electrons. The smallest absolute Gasteiger partial charge is 0.272 e. The Morgan fingerprint density at radius 1 is 0.912 bits per heavy atom. The third-order valence-electron chi connectivity index (χ3n) is 5.98. The monoisotopic (exact) mass is 461 g/mol. The summed E-state index contributed by atoms with van der Waals surface area (Å²) in [4.78, 5) is 36.0. The van der Waals surface area contributed by atoms with Crippen LogP contribution in [0, 0.1) is 11.7 Å². The van der Waals surface area contributed by atoms with Crippen LogP contribution in [0.4, 0.5) is 4.39 Å². The molecule has 0 aliphatic carbocycles. The maximum atomic E-state index is 13.1. The van der Waals surface area contributed by atoms with Gasteiger partial charge in [0.05, 0.1) is 0 Å². The zero-order valence-corrected chi connectivity index (χ0v) is 18.9. The van der Waals surface area contributed by atoms with E-state index in [1.807, 2.05) is 6.07 Å². The first-order chi connectivity index (χ1) is 16.6. The molecule has 2 aromatic carbocycles. The van der Waals surface area contributed by atoms with E-state index in [0.717, 1.165) is 38.0 Å². The summed E-state index contributed by atoms with van der Waals surface area (Å²) in [5.41, 5.74) is 2.03. The SMILES string of the molecule is O=C(NCc1ccc(F)cc1)c1nccnc1C(=O)NCC1CCN(CCc2ccccc2)C1. The van der Waals surface area contributed by atoms with Crippen molar-refractivity contribution in [1.82, 2.24) is 25.5 Å². The van der Waals surface area contributed by atoms with Gasteiger partial charge in [-0.15, -0.1) is 0 Å². The maximum Gasteiger partial charge on any atom is 0.272 e. The molecule has 3 aromatic rings. The summed E-state index contributed by atoms with van der Waals surface area (Å²) in [7, 11) is 0. The first-order valence-corrected chi connectivity index (χ1v) is 11.5. The van der Waals surface area contributed by atoms with Gasteiger partial charge in [0.15, 0.2) is 11.4 Å². The molecule has 1 saturated heterocycles. The average molecular weight is 462 g/mol. The minimum absolute atomic E-state index is 0.00182. The van der Waals surface area contributed by atoms with Gasteiger partial charge >= 0.3 is 0 Å². The van der Waals surface area contributed by atoms with Gasteiger partial charge in [-0.1, -0.05) is 42.5 Å². The highest BCUT2D eigenvalue weighted by Gasteiger charge is 2.25. The number of benzene rings is 2. The summed E-state index contributed by atoms with van der Waals surface area (Å²) in [6.45, 7) is 3.65. The zero-order valence-electron chi connectivity index (χ0n) is 18.9. The maximum absolute atomic E-state index is 13.1. The normalized spacial score (nSPS) is 15.7. The van der Waals surface area contributed by atoms with E-state index in [0.29, 0.717) is 12.5 Å². The molecule has 2 amide bonds. The molecule has 1 unspecified atom stereocenters. The number of likely N-dealkylation sites (tertiary alicyclic amines) is 1. The number of rotatable bonds is 9. The number of amides is 2. The van der Waals surface area contributed by atoms with E-state index < -0.39 is 11.8 Å². The second kappa shape index (κ2) is 11.5. The van der Waals surface area contributed by atoms with Crippen LogP contribution in [0.15, 0.2) is 67.0 Å². The molecule has 1 aromatic heterocycles. The number of hydrogen-bond acceptors (Lipinski definition) is 5. The van der Waals surface area contributed by atoms with Crippen LogP contribution < -0.4 is 10.6 Å². The lowest BCUT2D eigenvalue weighted by molar-refractivity contribution is 0.0906. The minimum atomic E-state index is -0.504. The van der Waals surface area contributed by atoms with Crippen LogP contribution in [0.5, 0.6) is 0 Å². The molecule has 0 spiro atoms. The Morgan fingerprint density at radius 2 is 1.59 bits per heavy atom. The van der Waals surface area contributed by atoms with E-state index in [4.69, 9.17) is 0 Å². The molecule has 8 heteroatoms. The van der Waals surface area contributed by atoms with Crippen LogP contribution in [0.3, 0.4) is 0 Å². The third kappa shape index (κ3) is 6.45. The summed E-state index contributed by atoms with van der Waals surface area (Å²) in [5, 5.41) is 5.63. The lowest BCUT2D eigenvalue weighted by atomic mass is 10.1. The van der Waals surface area contributed by atoms with E-state index in [2.05, 4.69) is 49.8 Å². The van der Waals surface area contributed by atoms with E-state index in [9.17, 15) is 14.0 Å². The predicted molar refractivity (Wildman–Crippen MR) is 127 cm³/mol. The molecule has 2 heterocycles. The molecule has 1 atom stereocenters. The van der Waals surface area contributed by atoms with Crippen LogP contribution in [0.25, 0.3) is 0 Å². The van der Waals surface area contributed by atoms with Gasteiger partial charge in [-0.25, -0.2) is 14.4 Å². The Hall–Kier alpha value is -3.65. The van der Waals surface area contributed by atoms with Crippen molar-refractivity contribution >= 4 is 11.8 Å². The Morgan fingerprint density at radius 3 is 2.29 bits per heavy atom. The Kier molecular flexibility index (Phi) is 7.93. The molecule has 1 aliphatic rings. The summed E-state index contributed by atoms with van der Waals surface area (Å²) in [6, 6.07) is 16.3. The van der Waals surface area contributed by atoms with E-state index in [1.165, 1.54) is 30.1 Å². The van der Waals surface area contributed by atoms with Crippen molar-refractivity contribution in [3.8, 4) is 0 Å². The molecular weight excluding hydrogens is 433 g/mol. The quantitative estimate of drug-likeness (QED) is 0.512. The van der Waals surface area contributed by atoms with Crippen molar-refractivity contribution in [3.05, 3.63) is 95.3 Å². The molecule has 2 N–H and O–H groups in total. The van der Waals surface area contributed by atoms with Crippen molar-refractivity contribution < 1.29 is 14.0 Å². The van der Waals surface area contributed by atoms with E-state index in [1.54, 1.807) is 12.1 Å². The van der Waals surface area contributed by atoms with Gasteiger partial charge in [0.1, 0.15) is 5.82 Å². The Labute approximate surface area is 198 Å². The van der Waals surface area contributed by atoms with Gasteiger partial charge in [0.25, 0.3) is 11.8 Å². The first-order valence-electron chi connectivity index (χ1n) is 11.5. The number of halogens is 1. The fourth-order valence-electron chi connectivity index (χ4n) is 4.07. The van der Waals surface area contributed by atoms with Crippen LogP contribution in [-0.4, -0.2) is 52.9 Å². The lowest BCUT2D eigenvalue weighted by Gasteiger charge is -2.16. The average Bonchev–Trinajstić information content (AvgIpc) is 3.34. The Balaban J connectivity index is 1.26. The van der Waals surface area contributed by atoms with Crippen molar-refractivity contribution in [1.29, 1.82) is 0 Å². The first kappa shape index (κ1) is 23.5. The number of nitrogens with zero attached hydrogens (tertiary/aromatic N) is 3. The Bertz CT molecular complexity index is 1110. The van der Waals surface area contributed by atoms with E-state index in [-0.39, 0.29) is 23.7 Å². The van der Waals surface area contributed by atoms with Gasteiger partial charge in [-0.05, 0) is 48.6 Å². The molecule has 0 saturated carbocycles. The summed E-state index contributed by atoms with van der Waals surface area (Å²) in [6.07, 6.45) is 4.80. The third-order valence-corrected chi connectivity index (χ3v) is 5.98. The minimum Gasteiger partial charge on any atom is -0.350 e. The lowest BCUT2D eigenvalue weighted by Crippen LogP contribution is -2.34. The van der Waals surface area contributed by atoms with Gasteiger partial charge in [-0.3, -0.25) is 9.59 Å². The van der Waals surface area contributed by atoms with Crippen molar-refractivity contribution in [2.45, 2.75) is 19.4 Å². The number of carbonyl (C=O) groups excluding carboxylic acids is 2. The van der Waals surface area contributed by atoms with Gasteiger partial charge in [0.2, 0.25) is 0 Å². The molecule has 7 nitrogen and oxygen atoms in total. The van der Waals surface area contributed by atoms with Crippen LogP contribution in [0.2, 0.25) is 0 Å². The van der Waals surface area contributed by atoms with Crippen molar-refractivity contribution in [2.24, 2.45) is 5.92 Å². The molecule has 1 aliphatic heterocycles. The van der Waals surface area contributed by atoms with Gasteiger partial charge in [-0.2, -0.15) is 0 Å². The van der Waals surface area contributed by atoms with Gasteiger partial charge in [0, 0.05) is 38.6 Å². The number of nitrogens with one attached hydrogen (secondary N) is 2. The largest absolute Gasteiger partial charge is 0.350 e. The highest BCUT2D eigenvalue weighted by Crippen LogP contribution is 2.16. The van der Waals surface area contributed by atoms with Crippen LogP contribution in [-0.2, 0) is 13.0 Å². The highest BCUT2D eigenvalue weighted by atomic mass is 19.1. The van der Waals surface area contributed by atoms with Crippen molar-refractivity contribution in [3.63, 3.8) is 0 Å². The molecule has 0 bridgehead atoms. The molecule has 34 heavy (non-hydrogen) atoms. The van der Waals surface area contributed by atoms with Crippen LogP contribution >= 0.6 is 0 Å². The topological polar surface area (TPSA) is 87.2 Å². The predicted octanol–water partition coefficient (Wildman–Crippen LogP) is 2.84. The molecule has 1 fully saturated rings.